The highest BCUT2D eigenvalue weighted by atomic mass is 32.2. The lowest BCUT2D eigenvalue weighted by molar-refractivity contribution is -0.120. The maximum absolute atomic E-state index is 13.0. The Morgan fingerprint density at radius 3 is 2.09 bits per heavy atom. The zero-order chi connectivity index (χ0) is 23.4. The Kier molecular flexibility index (Phi) is 7.39. The van der Waals surface area contributed by atoms with Gasteiger partial charge in [-0.05, 0) is 87.1 Å². The first kappa shape index (κ1) is 23.8. The van der Waals surface area contributed by atoms with Gasteiger partial charge < -0.3 is 10.2 Å². The second kappa shape index (κ2) is 10.3. The number of carbonyl (C=O) groups excluding carboxylic acids is 1. The van der Waals surface area contributed by atoms with Crippen molar-refractivity contribution in [2.75, 3.05) is 36.4 Å². The molecule has 0 spiro atoms. The van der Waals surface area contributed by atoms with E-state index < -0.39 is 10.0 Å². The molecule has 1 amide bonds. The summed E-state index contributed by atoms with van der Waals surface area (Å²) in [5.74, 6) is -0.206. The number of sulfonamides is 1. The Balaban J connectivity index is 1.32. The standard InChI is InChI=1S/C26H35N3O3S/c1-20-7-12-25(19-21(20)2)33(31,32)29-17-13-22(14-18-29)26(30)27-23-8-10-24(11-9-23)28-15-5-3-4-6-16-28/h7-12,19,22H,3-6,13-18H2,1-2H3,(H,27,30). The Bertz CT molecular complexity index is 1070. The Hall–Kier alpha value is -2.38. The van der Waals surface area contributed by atoms with Crippen molar-refractivity contribution in [1.29, 1.82) is 0 Å². The quantitative estimate of drug-likeness (QED) is 0.688. The topological polar surface area (TPSA) is 69.7 Å². The molecule has 2 heterocycles. The summed E-state index contributed by atoms with van der Waals surface area (Å²) in [5, 5.41) is 3.03. The van der Waals surface area contributed by atoms with Crippen molar-refractivity contribution in [3.63, 3.8) is 0 Å². The molecule has 2 aliphatic rings. The highest BCUT2D eigenvalue weighted by molar-refractivity contribution is 7.89. The van der Waals surface area contributed by atoms with Crippen LogP contribution in [0.1, 0.15) is 49.7 Å². The van der Waals surface area contributed by atoms with Crippen molar-refractivity contribution in [3.05, 3.63) is 53.6 Å². The molecule has 0 bridgehead atoms. The minimum atomic E-state index is -3.53. The van der Waals surface area contributed by atoms with Crippen molar-refractivity contribution in [3.8, 4) is 0 Å². The van der Waals surface area contributed by atoms with Crippen LogP contribution in [0.15, 0.2) is 47.4 Å². The number of hydrogen-bond acceptors (Lipinski definition) is 4. The smallest absolute Gasteiger partial charge is 0.243 e. The predicted molar refractivity (Wildman–Crippen MR) is 133 cm³/mol. The largest absolute Gasteiger partial charge is 0.372 e. The molecule has 0 atom stereocenters. The van der Waals surface area contributed by atoms with Gasteiger partial charge in [-0.25, -0.2) is 8.42 Å². The van der Waals surface area contributed by atoms with Gasteiger partial charge in [-0.2, -0.15) is 4.31 Å². The number of carbonyl (C=O) groups is 1. The molecule has 2 aromatic carbocycles. The average Bonchev–Trinajstić information content (AvgIpc) is 3.11. The monoisotopic (exact) mass is 469 g/mol. The van der Waals surface area contributed by atoms with E-state index in [4.69, 9.17) is 0 Å². The molecule has 33 heavy (non-hydrogen) atoms. The van der Waals surface area contributed by atoms with Crippen molar-refractivity contribution in [2.24, 2.45) is 5.92 Å². The highest BCUT2D eigenvalue weighted by Gasteiger charge is 2.32. The first-order valence-corrected chi connectivity index (χ1v) is 13.5. The zero-order valence-electron chi connectivity index (χ0n) is 19.7. The van der Waals surface area contributed by atoms with Crippen molar-refractivity contribution in [1.82, 2.24) is 4.31 Å². The van der Waals surface area contributed by atoms with Gasteiger partial charge in [-0.1, -0.05) is 18.9 Å². The molecule has 2 aliphatic heterocycles. The number of anilines is 2. The van der Waals surface area contributed by atoms with Crippen LogP contribution in [0.25, 0.3) is 0 Å². The lowest BCUT2D eigenvalue weighted by Crippen LogP contribution is -2.41. The van der Waals surface area contributed by atoms with E-state index in [0.29, 0.717) is 30.8 Å². The third-order valence-electron chi connectivity index (χ3n) is 7.05. The number of amides is 1. The fourth-order valence-electron chi connectivity index (χ4n) is 4.71. The van der Waals surface area contributed by atoms with E-state index in [1.807, 2.05) is 32.0 Å². The molecular weight excluding hydrogens is 434 g/mol. The van der Waals surface area contributed by atoms with Crippen LogP contribution in [0.3, 0.4) is 0 Å². The summed E-state index contributed by atoms with van der Waals surface area (Å²) in [6.45, 7) is 6.80. The molecule has 2 aromatic rings. The number of nitrogens with zero attached hydrogens (tertiary/aromatic N) is 2. The van der Waals surface area contributed by atoms with Gasteiger partial charge in [-0.3, -0.25) is 4.79 Å². The van der Waals surface area contributed by atoms with Crippen LogP contribution in [0.5, 0.6) is 0 Å². The lowest BCUT2D eigenvalue weighted by Gasteiger charge is -2.30. The van der Waals surface area contributed by atoms with Gasteiger partial charge in [0.25, 0.3) is 0 Å². The fourth-order valence-corrected chi connectivity index (χ4v) is 6.27. The zero-order valence-corrected chi connectivity index (χ0v) is 20.5. The molecule has 2 saturated heterocycles. The van der Waals surface area contributed by atoms with Crippen LogP contribution in [-0.4, -0.2) is 44.8 Å². The second-order valence-electron chi connectivity index (χ2n) is 9.36. The van der Waals surface area contributed by atoms with Crippen LogP contribution in [0, 0.1) is 19.8 Å². The molecular formula is C26H35N3O3S. The maximum Gasteiger partial charge on any atom is 0.243 e. The fraction of sp³-hybridized carbons (Fsp3) is 0.500. The molecule has 4 rings (SSSR count). The summed E-state index contributed by atoms with van der Waals surface area (Å²) in [6, 6.07) is 13.4. The van der Waals surface area contributed by atoms with Gasteiger partial charge in [0.1, 0.15) is 0 Å². The average molecular weight is 470 g/mol. The van der Waals surface area contributed by atoms with Gasteiger partial charge >= 0.3 is 0 Å². The summed E-state index contributed by atoms with van der Waals surface area (Å²) >= 11 is 0. The van der Waals surface area contributed by atoms with E-state index in [2.05, 4.69) is 22.3 Å². The number of aryl methyl sites for hydroxylation is 2. The number of benzene rings is 2. The SMILES string of the molecule is Cc1ccc(S(=O)(=O)N2CCC(C(=O)Nc3ccc(N4CCCCCC4)cc3)CC2)cc1C. The Morgan fingerprint density at radius 2 is 1.48 bits per heavy atom. The van der Waals surface area contributed by atoms with Crippen molar-refractivity contribution < 1.29 is 13.2 Å². The van der Waals surface area contributed by atoms with E-state index in [1.54, 1.807) is 12.1 Å². The summed E-state index contributed by atoms with van der Waals surface area (Å²) in [7, 11) is -3.53. The molecule has 0 aromatic heterocycles. The minimum absolute atomic E-state index is 0.0271. The molecule has 0 saturated carbocycles. The second-order valence-corrected chi connectivity index (χ2v) is 11.3. The molecule has 0 aliphatic carbocycles. The molecule has 6 nitrogen and oxygen atoms in total. The molecule has 178 valence electrons. The first-order chi connectivity index (χ1) is 15.8. The van der Waals surface area contributed by atoms with E-state index in [9.17, 15) is 13.2 Å². The van der Waals surface area contributed by atoms with Gasteiger partial charge in [0, 0.05) is 43.5 Å². The van der Waals surface area contributed by atoms with E-state index >= 15 is 0 Å². The lowest BCUT2D eigenvalue weighted by atomic mass is 9.97. The third kappa shape index (κ3) is 5.58. The molecule has 2 fully saturated rings. The van der Waals surface area contributed by atoms with E-state index in [1.165, 1.54) is 35.7 Å². The van der Waals surface area contributed by atoms with Crippen LogP contribution < -0.4 is 10.2 Å². The number of piperidine rings is 1. The normalized spacial score (nSPS) is 18.7. The summed E-state index contributed by atoms with van der Waals surface area (Å²) in [4.78, 5) is 15.6. The van der Waals surface area contributed by atoms with Crippen LogP contribution in [0.2, 0.25) is 0 Å². The van der Waals surface area contributed by atoms with E-state index in [-0.39, 0.29) is 11.8 Å². The van der Waals surface area contributed by atoms with Crippen LogP contribution in [0.4, 0.5) is 11.4 Å². The van der Waals surface area contributed by atoms with Crippen molar-refractivity contribution in [2.45, 2.75) is 57.3 Å². The molecule has 0 radical (unpaired) electrons. The molecule has 7 heteroatoms. The summed E-state index contributed by atoms with van der Waals surface area (Å²) in [5.41, 5.74) is 4.04. The van der Waals surface area contributed by atoms with Gasteiger partial charge in [0.2, 0.25) is 15.9 Å². The Labute approximate surface area is 198 Å². The van der Waals surface area contributed by atoms with E-state index in [0.717, 1.165) is 29.9 Å². The summed E-state index contributed by atoms with van der Waals surface area (Å²) < 4.78 is 27.6. The third-order valence-corrected chi connectivity index (χ3v) is 8.94. The van der Waals surface area contributed by atoms with Crippen LogP contribution in [-0.2, 0) is 14.8 Å². The van der Waals surface area contributed by atoms with Crippen molar-refractivity contribution >= 4 is 27.3 Å². The highest BCUT2D eigenvalue weighted by Crippen LogP contribution is 2.27. The van der Waals surface area contributed by atoms with Gasteiger partial charge in [0.15, 0.2) is 0 Å². The van der Waals surface area contributed by atoms with Gasteiger partial charge in [-0.15, -0.1) is 0 Å². The first-order valence-electron chi connectivity index (χ1n) is 12.1. The minimum Gasteiger partial charge on any atom is -0.372 e. The van der Waals surface area contributed by atoms with Gasteiger partial charge in [0.05, 0.1) is 4.90 Å². The maximum atomic E-state index is 13.0. The number of rotatable bonds is 5. The molecule has 0 unspecified atom stereocenters. The number of hydrogen-bond donors (Lipinski definition) is 1. The van der Waals surface area contributed by atoms with Crippen LogP contribution >= 0.6 is 0 Å². The predicted octanol–water partition coefficient (Wildman–Crippen LogP) is 4.72. The molecule has 1 N–H and O–H groups in total. The summed E-state index contributed by atoms with van der Waals surface area (Å²) in [6.07, 6.45) is 6.13. The number of nitrogens with one attached hydrogen (secondary N) is 1. The Morgan fingerprint density at radius 1 is 0.848 bits per heavy atom.